The number of benzene rings is 4. The Morgan fingerprint density at radius 3 is 1.45 bits per heavy atom. The van der Waals surface area contributed by atoms with Crippen LogP contribution in [0.2, 0.25) is 15.1 Å². The Kier molecular flexibility index (Phi) is 49.0. The molecule has 1 atom stereocenters. The van der Waals surface area contributed by atoms with E-state index in [0.717, 1.165) is 139 Å². The molecule has 0 saturated carbocycles. The van der Waals surface area contributed by atoms with Gasteiger partial charge in [0.15, 0.2) is 0 Å². The highest BCUT2D eigenvalue weighted by molar-refractivity contribution is 6.33. The molecule has 3 aliphatic heterocycles. The summed E-state index contributed by atoms with van der Waals surface area (Å²) in [5.74, 6) is 13.2. The number of H-pyrrole nitrogens is 3. The van der Waals surface area contributed by atoms with Crippen LogP contribution >= 0.6 is 34.8 Å². The van der Waals surface area contributed by atoms with Gasteiger partial charge in [-0.15, -0.1) is 45.9 Å². The summed E-state index contributed by atoms with van der Waals surface area (Å²) in [7, 11) is 7.40. The van der Waals surface area contributed by atoms with Crippen molar-refractivity contribution in [3.05, 3.63) is 238 Å². The maximum atomic E-state index is 12.6. The quantitative estimate of drug-likeness (QED) is 0.0295. The molecule has 16 rings (SSSR count). The van der Waals surface area contributed by atoms with E-state index >= 15 is 0 Å². The lowest BCUT2D eigenvalue weighted by atomic mass is 10.0. The zero-order valence-electron chi connectivity index (χ0n) is 93.0. The van der Waals surface area contributed by atoms with Crippen molar-refractivity contribution in [2.75, 3.05) is 86.4 Å². The van der Waals surface area contributed by atoms with Gasteiger partial charge in [-0.3, -0.25) is 57.6 Å². The van der Waals surface area contributed by atoms with Gasteiger partial charge >= 0.3 is 17.1 Å². The number of hydrogen-bond donors (Lipinski definition) is 7. The van der Waals surface area contributed by atoms with Crippen LogP contribution in [0, 0.1) is 12.8 Å². The van der Waals surface area contributed by atoms with E-state index in [1.54, 1.807) is 72.9 Å². The summed E-state index contributed by atoms with van der Waals surface area (Å²) >= 11 is 18.9. The summed E-state index contributed by atoms with van der Waals surface area (Å²) in [4.78, 5) is 88.3. The molecule has 12 heterocycles. The number of nitrogens with one attached hydrogen (secondary N) is 6. The number of amidine groups is 1. The van der Waals surface area contributed by atoms with Crippen LogP contribution in [0.5, 0.6) is 0 Å². The zero-order chi connectivity index (χ0) is 111. The molecule has 45 heteroatoms. The number of para-hydroxylation sites is 1. The van der Waals surface area contributed by atoms with E-state index in [0.29, 0.717) is 105 Å². The predicted molar refractivity (Wildman–Crippen MR) is 588 cm³/mol. The number of amides is 3. The number of carbonyl (C=O) groups is 3. The summed E-state index contributed by atoms with van der Waals surface area (Å²) < 4.78 is 21.9. The Labute approximate surface area is 890 Å². The third-order valence-corrected chi connectivity index (χ3v) is 24.6. The first kappa shape index (κ1) is 123. The fourth-order valence-corrected chi connectivity index (χ4v) is 16.6. The molecule has 0 radical (unpaired) electrons. The zero-order valence-corrected chi connectivity index (χ0v) is 95.3. The molecule has 3 amide bonds. The molecule has 9 aromatic heterocycles. The van der Waals surface area contributed by atoms with E-state index < -0.39 is 0 Å². The minimum atomic E-state index is -0.168. The fraction of sp³-hybridized carbons (Fsp3) is 0.558. The first-order valence-electron chi connectivity index (χ1n) is 51.0. The van der Waals surface area contributed by atoms with Crippen molar-refractivity contribution in [2.24, 2.45) is 10.9 Å². The highest BCUT2D eigenvalue weighted by Gasteiger charge is 2.28. The van der Waals surface area contributed by atoms with Crippen LogP contribution in [0.1, 0.15) is 368 Å². The van der Waals surface area contributed by atoms with Crippen LogP contribution < -0.4 is 39.0 Å². The normalized spacial score (nSPS) is 13.5. The van der Waals surface area contributed by atoms with Crippen molar-refractivity contribution >= 4 is 64.3 Å². The minimum absolute atomic E-state index is 0.0173. The number of aromatic amines is 3. The molecule has 149 heavy (non-hydrogen) atoms. The van der Waals surface area contributed by atoms with E-state index in [4.69, 9.17) is 45.3 Å². The molecular formula is C104H160Cl3N35O7. The summed E-state index contributed by atoms with van der Waals surface area (Å²) in [6, 6.07) is 29.8. The number of methoxy groups -OCH3 is 1. The number of aliphatic imine (C=N–C) groups is 1. The molecule has 0 aliphatic carbocycles. The second kappa shape index (κ2) is 59.4. The summed E-state index contributed by atoms with van der Waals surface area (Å²) in [5, 5.41) is 64.6. The van der Waals surface area contributed by atoms with E-state index in [1.807, 2.05) is 168 Å². The van der Waals surface area contributed by atoms with Crippen molar-refractivity contribution in [1.82, 2.24) is 164 Å². The maximum Gasteiger partial charge on any atom is 0.343 e. The minimum Gasteiger partial charge on any atom is -0.383 e. The molecule has 3 aliphatic rings. The number of piperazine rings is 1. The number of halogens is 3. The van der Waals surface area contributed by atoms with Gasteiger partial charge in [0.05, 0.1) is 51.3 Å². The number of hydrogen-bond acceptors (Lipinski definition) is 27. The predicted octanol–water partition coefficient (Wildman–Crippen LogP) is 17.0. The molecule has 1 unspecified atom stereocenters. The smallest absolute Gasteiger partial charge is 0.343 e. The van der Waals surface area contributed by atoms with Gasteiger partial charge in [0.25, 0.3) is 17.7 Å². The van der Waals surface area contributed by atoms with Crippen LogP contribution in [0.3, 0.4) is 0 Å². The Hall–Kier alpha value is -13.0. The van der Waals surface area contributed by atoms with Gasteiger partial charge in [-0.2, -0.15) is 25.4 Å². The van der Waals surface area contributed by atoms with Gasteiger partial charge in [-0.05, 0) is 150 Å². The Morgan fingerprint density at radius 2 is 0.973 bits per heavy atom. The Balaban J connectivity index is 0.000000226. The molecule has 13 aromatic rings. The summed E-state index contributed by atoms with van der Waals surface area (Å²) in [6.45, 7) is 64.5. The second-order valence-corrected chi connectivity index (χ2v) is 41.7. The van der Waals surface area contributed by atoms with Crippen molar-refractivity contribution in [1.29, 1.82) is 0 Å². The number of hydrazine groups is 1. The lowest BCUT2D eigenvalue weighted by Gasteiger charge is -2.32. The fourth-order valence-electron chi connectivity index (χ4n) is 15.8. The van der Waals surface area contributed by atoms with Crippen molar-refractivity contribution in [2.45, 2.75) is 297 Å². The van der Waals surface area contributed by atoms with E-state index in [1.165, 1.54) is 0 Å². The van der Waals surface area contributed by atoms with Crippen molar-refractivity contribution in [3.8, 4) is 17.1 Å². The molecule has 0 spiro atoms. The van der Waals surface area contributed by atoms with Crippen LogP contribution in [-0.4, -0.2) is 252 Å². The molecule has 2 saturated heterocycles. The number of carbonyl (C=O) groups excluding carboxylic acids is 3. The van der Waals surface area contributed by atoms with Crippen LogP contribution in [0.4, 0.5) is 5.95 Å². The first-order chi connectivity index (χ1) is 70.4. The lowest BCUT2D eigenvalue weighted by Crippen LogP contribution is -2.48. The topological polar surface area (TPSA) is 481 Å². The molecular weight excluding hydrogens is 1960 g/mol. The molecule has 814 valence electrons. The highest BCUT2D eigenvalue weighted by Crippen LogP contribution is 2.31. The van der Waals surface area contributed by atoms with Crippen LogP contribution in [0.15, 0.2) is 136 Å². The largest absolute Gasteiger partial charge is 0.383 e. The number of anilines is 1. The number of nitrogens with zero attached hydrogens (tertiary/aromatic N) is 28. The number of aryl methyl sites for hydroxylation is 1. The number of aromatic nitrogens is 27. The van der Waals surface area contributed by atoms with Crippen molar-refractivity contribution < 1.29 is 19.1 Å². The Bertz CT molecular complexity index is 6350. The molecule has 42 nitrogen and oxygen atoms in total. The SMILES string of the molecule is CC(C)C1=NCC(=O)NN1.CC(C)c1n[nH]c(=O)n1C1CCN(C)CC1.CC(C)c1n[nH]c(=O)n1Cc1ccccc1.CC(C)c1nc(N)nn1C(C)C.CC(C)c1ncnn1C(C)C.CC(C)c1nncn1-c1ccc(C(=O)N2CCN(C)CC2)cc1Cl.CC(C)c1nncn1C(C)C.CNC(=O)c1ccc(-n2cnnc2C(C)C)c(Cl)c1.COCC(C)n1c(C(C)C)n[nH]c1=O.Cc1nnc(C(C)C)n1-c1ccccc1Cl. The summed E-state index contributed by atoms with van der Waals surface area (Å²) in [5.41, 5.74) is 15.1. The van der Waals surface area contributed by atoms with Crippen molar-refractivity contribution in [3.63, 3.8) is 0 Å². The number of likely N-dealkylation sites (N-methyl/N-ethyl adjacent to an activating group) is 1. The average Bonchev–Trinajstić information content (AvgIpc) is 1.67. The maximum absolute atomic E-state index is 12.6. The number of likely N-dealkylation sites (tertiary alicyclic amines) is 1. The van der Waals surface area contributed by atoms with E-state index in [2.05, 4.69) is 266 Å². The van der Waals surface area contributed by atoms with Gasteiger partial charge in [0, 0.05) is 135 Å². The van der Waals surface area contributed by atoms with E-state index in [9.17, 15) is 28.8 Å². The monoisotopic (exact) mass is 2120 g/mol. The number of nitrogens with two attached hydrogens (primary N) is 1. The lowest BCUT2D eigenvalue weighted by molar-refractivity contribution is -0.120. The van der Waals surface area contributed by atoms with Gasteiger partial charge in [0.1, 0.15) is 95.9 Å². The standard InChI is InChI=1S/C17H22ClN5O.C13H15ClN4O.C12H14ClN3.C12H15N3O.C11H20N4O.C9H17N3O2.C8H16N4.2C8H15N3.C6H11N3O/c1-12(2)16-20-19-11-23(16)15-5-4-13(10-14(15)18)17(24)22-8-6-21(3)7-9-22;1-8(2)12-17-16-7-18(12)11-5-4-9(6-10(11)14)13(19)15-3;1-8(2)12-15-14-9(3)16(12)11-7-5-4-6-10(11)13;1-9(2)11-13-14-12(16)15(11)8-10-6-4-3-5-7-10;1-8(2)10-12-13-11(16)15(10)9-4-6-14(3)7-5-9;1-6(2)8-10-11-9(13)12(8)7(3)5-14-4;1-5(2)7-10-8(9)11-12(7)6(3)4;1-6(2)8-10-9-5-11(8)7(3)4;1-6(2)8-9-5-10-11(8)7(3)4;1-4(2)6-7-3-5(10)8-9-6/h4-5,10-12H,6-9H2,1-3H3;4-8H,1-3H3,(H,15,19);4-8H,1-3H3;3-7,9H,8H2,1-2H3,(H,14,16);8-9H,4-7H2,1-3H3,(H,13,16);6-7H,5H2,1-4H3,(H,11,13);5-6H,1-4H3,(H2,9,11);2*5-7H,1-4H3;4H,3H2,1-2H3,(H,7,9)(H,8,10). The second-order valence-electron chi connectivity index (χ2n) is 40.5. The summed E-state index contributed by atoms with van der Waals surface area (Å²) in [6.07, 6.45) is 8.76. The van der Waals surface area contributed by atoms with Crippen LogP contribution in [-0.2, 0) is 16.1 Å². The van der Waals surface area contributed by atoms with Gasteiger partial charge in [-0.1, -0.05) is 216 Å². The Morgan fingerprint density at radius 1 is 0.483 bits per heavy atom. The van der Waals surface area contributed by atoms with Gasteiger partial charge in [-0.25, -0.2) is 44.0 Å². The number of nitrogen functional groups attached to an aromatic ring is 1. The van der Waals surface area contributed by atoms with Gasteiger partial charge < -0.3 is 35.1 Å². The highest BCUT2D eigenvalue weighted by atomic mass is 35.5. The van der Waals surface area contributed by atoms with Gasteiger partial charge in [0.2, 0.25) is 5.95 Å². The number of rotatable bonds is 24. The molecule has 8 N–H and O–H groups in total. The average molecular weight is 2120 g/mol. The molecule has 0 bridgehead atoms. The third-order valence-electron chi connectivity index (χ3n) is 23.7. The van der Waals surface area contributed by atoms with Crippen LogP contribution in [0.25, 0.3) is 17.1 Å². The molecule has 2 fully saturated rings. The number of ether oxygens (including phenoxy) is 1. The number of piperidine rings is 1. The van der Waals surface area contributed by atoms with E-state index in [-0.39, 0.29) is 71.0 Å². The first-order valence-corrected chi connectivity index (χ1v) is 52.1. The molecule has 4 aromatic carbocycles. The third kappa shape index (κ3) is 35.6.